The second-order valence-corrected chi connectivity index (χ2v) is 3.46. The van der Waals surface area contributed by atoms with E-state index in [9.17, 15) is 15.3 Å². The summed E-state index contributed by atoms with van der Waals surface area (Å²) in [7, 11) is 0. The van der Waals surface area contributed by atoms with Crippen LogP contribution in [0.3, 0.4) is 0 Å². The van der Waals surface area contributed by atoms with Gasteiger partial charge >= 0.3 is 0 Å². The maximum atomic E-state index is 9.73. The largest absolute Gasteiger partial charge is 0.390 e. The van der Waals surface area contributed by atoms with Crippen LogP contribution in [-0.4, -0.2) is 27.5 Å². The smallest absolute Gasteiger partial charge is 0.0978 e. The van der Waals surface area contributed by atoms with Gasteiger partial charge in [0.05, 0.1) is 18.3 Å². The summed E-state index contributed by atoms with van der Waals surface area (Å²) >= 11 is 0. The monoisotopic (exact) mass is 208 g/mol. The first kappa shape index (κ1) is 11.9. The van der Waals surface area contributed by atoms with Crippen molar-refractivity contribution in [1.29, 1.82) is 0 Å². The van der Waals surface area contributed by atoms with Crippen molar-refractivity contribution in [3.63, 3.8) is 0 Å². The predicted octanol–water partition coefficient (Wildman–Crippen LogP) is 1.02. The Morgan fingerprint density at radius 2 is 1.73 bits per heavy atom. The van der Waals surface area contributed by atoms with Crippen LogP contribution in [0.1, 0.15) is 18.1 Å². The number of hydrogen-bond acceptors (Lipinski definition) is 3. The fraction of sp³-hybridized carbons (Fsp3) is 0.333. The number of benzene rings is 1. The Labute approximate surface area is 89.3 Å². The zero-order valence-electron chi connectivity index (χ0n) is 8.45. The molecule has 3 nitrogen and oxygen atoms in total. The molecule has 82 valence electrons. The summed E-state index contributed by atoms with van der Waals surface area (Å²) in [6, 6.07) is 9.03. The van der Waals surface area contributed by atoms with Gasteiger partial charge in [0.15, 0.2) is 0 Å². The average Bonchev–Trinajstić information content (AvgIpc) is 2.29. The lowest BCUT2D eigenvalue weighted by Crippen LogP contribution is -2.25. The zero-order valence-corrected chi connectivity index (χ0v) is 8.45. The van der Waals surface area contributed by atoms with Crippen LogP contribution in [0.25, 0.3) is 0 Å². The summed E-state index contributed by atoms with van der Waals surface area (Å²) < 4.78 is 0. The van der Waals surface area contributed by atoms with Crippen LogP contribution in [0.2, 0.25) is 0 Å². The molecule has 3 atom stereocenters. The molecule has 0 fully saturated rings. The fourth-order valence-corrected chi connectivity index (χ4v) is 1.34. The quantitative estimate of drug-likeness (QED) is 0.633. The molecule has 3 N–H and O–H groups in total. The normalized spacial score (nSPS) is 16.7. The predicted molar refractivity (Wildman–Crippen MR) is 58.2 cm³/mol. The maximum absolute atomic E-state index is 9.73. The van der Waals surface area contributed by atoms with E-state index in [1.54, 1.807) is 12.1 Å². The molecular formula is C12H16O3. The van der Waals surface area contributed by atoms with Gasteiger partial charge in [0, 0.05) is 6.42 Å². The minimum atomic E-state index is -0.997. The Hall–Kier alpha value is -1.16. The van der Waals surface area contributed by atoms with E-state index >= 15 is 0 Å². The summed E-state index contributed by atoms with van der Waals surface area (Å²) in [4.78, 5) is 0. The van der Waals surface area contributed by atoms with Gasteiger partial charge in [-0.2, -0.15) is 0 Å². The Balaban J connectivity index is 2.56. The van der Waals surface area contributed by atoms with Crippen molar-refractivity contribution in [2.45, 2.75) is 24.7 Å². The number of rotatable bonds is 5. The molecule has 1 rings (SSSR count). The molecule has 0 heterocycles. The molecule has 0 bridgehead atoms. The lowest BCUT2D eigenvalue weighted by molar-refractivity contribution is 0.00957. The van der Waals surface area contributed by atoms with E-state index < -0.39 is 18.3 Å². The van der Waals surface area contributed by atoms with Gasteiger partial charge in [-0.25, -0.2) is 0 Å². The van der Waals surface area contributed by atoms with E-state index in [-0.39, 0.29) is 6.42 Å². The highest BCUT2D eigenvalue weighted by Crippen LogP contribution is 2.19. The molecule has 1 aromatic rings. The SMILES string of the molecule is C=C[C@H](O)[C@H](O)C[C@H](O)c1ccccc1. The molecular weight excluding hydrogens is 192 g/mol. The topological polar surface area (TPSA) is 60.7 Å². The van der Waals surface area contributed by atoms with Crippen molar-refractivity contribution >= 4 is 0 Å². The second kappa shape index (κ2) is 5.66. The van der Waals surface area contributed by atoms with Gasteiger partial charge in [0.25, 0.3) is 0 Å². The van der Waals surface area contributed by atoms with Gasteiger partial charge < -0.3 is 15.3 Å². The van der Waals surface area contributed by atoms with Gasteiger partial charge in [-0.3, -0.25) is 0 Å². The van der Waals surface area contributed by atoms with Crippen molar-refractivity contribution < 1.29 is 15.3 Å². The van der Waals surface area contributed by atoms with Gasteiger partial charge in [0.2, 0.25) is 0 Å². The van der Waals surface area contributed by atoms with Gasteiger partial charge in [0.1, 0.15) is 0 Å². The number of hydrogen-bond donors (Lipinski definition) is 3. The molecule has 3 heteroatoms. The third-order valence-electron chi connectivity index (χ3n) is 2.28. The molecule has 0 saturated heterocycles. The van der Waals surface area contributed by atoms with Gasteiger partial charge in [-0.1, -0.05) is 36.4 Å². The first-order chi connectivity index (χ1) is 7.15. The Bertz CT molecular complexity index is 297. The highest BCUT2D eigenvalue weighted by molar-refractivity contribution is 5.17. The lowest BCUT2D eigenvalue weighted by atomic mass is 10.0. The van der Waals surface area contributed by atoms with E-state index in [4.69, 9.17) is 0 Å². The van der Waals surface area contributed by atoms with Crippen molar-refractivity contribution in [2.24, 2.45) is 0 Å². The minimum absolute atomic E-state index is 0.0944. The van der Waals surface area contributed by atoms with Crippen LogP contribution < -0.4 is 0 Å². The number of aliphatic hydroxyl groups is 3. The van der Waals surface area contributed by atoms with Gasteiger partial charge in [-0.05, 0) is 5.56 Å². The first-order valence-corrected chi connectivity index (χ1v) is 4.87. The molecule has 0 aliphatic carbocycles. The molecule has 0 aliphatic heterocycles. The van der Waals surface area contributed by atoms with E-state index in [0.717, 1.165) is 5.56 Å². The van der Waals surface area contributed by atoms with E-state index in [1.807, 2.05) is 18.2 Å². The molecule has 0 amide bonds. The summed E-state index contributed by atoms with van der Waals surface area (Å²) in [5.74, 6) is 0. The Morgan fingerprint density at radius 1 is 1.13 bits per heavy atom. The molecule has 0 aliphatic rings. The molecule has 0 aromatic heterocycles. The maximum Gasteiger partial charge on any atom is 0.0978 e. The van der Waals surface area contributed by atoms with Crippen LogP contribution >= 0.6 is 0 Å². The van der Waals surface area contributed by atoms with Crippen LogP contribution in [0.4, 0.5) is 0 Å². The van der Waals surface area contributed by atoms with Crippen LogP contribution in [0.15, 0.2) is 43.0 Å². The molecule has 0 unspecified atom stereocenters. The van der Waals surface area contributed by atoms with Crippen molar-refractivity contribution in [3.8, 4) is 0 Å². The standard InChI is InChI=1S/C12H16O3/c1-2-10(13)12(15)8-11(14)9-6-4-3-5-7-9/h2-7,10-15H,1,8H2/t10-,11-,12+/m0/s1. The lowest BCUT2D eigenvalue weighted by Gasteiger charge is -2.18. The van der Waals surface area contributed by atoms with E-state index in [2.05, 4.69) is 6.58 Å². The van der Waals surface area contributed by atoms with E-state index in [0.29, 0.717) is 0 Å². The molecule has 1 aromatic carbocycles. The van der Waals surface area contributed by atoms with Crippen molar-refractivity contribution in [3.05, 3.63) is 48.6 Å². The Kier molecular flexibility index (Phi) is 4.49. The number of aliphatic hydroxyl groups excluding tert-OH is 3. The van der Waals surface area contributed by atoms with Crippen LogP contribution in [0.5, 0.6) is 0 Å². The molecule has 15 heavy (non-hydrogen) atoms. The van der Waals surface area contributed by atoms with Crippen LogP contribution in [-0.2, 0) is 0 Å². The first-order valence-electron chi connectivity index (χ1n) is 4.87. The van der Waals surface area contributed by atoms with Crippen molar-refractivity contribution in [1.82, 2.24) is 0 Å². The third-order valence-corrected chi connectivity index (χ3v) is 2.28. The zero-order chi connectivity index (χ0) is 11.3. The third kappa shape index (κ3) is 3.47. The molecule has 0 spiro atoms. The summed E-state index contributed by atoms with van der Waals surface area (Å²) in [6.45, 7) is 3.37. The average molecular weight is 208 g/mol. The Morgan fingerprint density at radius 3 is 2.27 bits per heavy atom. The van der Waals surface area contributed by atoms with E-state index in [1.165, 1.54) is 6.08 Å². The minimum Gasteiger partial charge on any atom is -0.390 e. The summed E-state index contributed by atoms with van der Waals surface area (Å²) in [5, 5.41) is 28.4. The highest BCUT2D eigenvalue weighted by Gasteiger charge is 2.18. The molecule has 0 saturated carbocycles. The van der Waals surface area contributed by atoms with Crippen molar-refractivity contribution in [2.75, 3.05) is 0 Å². The fourth-order valence-electron chi connectivity index (χ4n) is 1.34. The van der Waals surface area contributed by atoms with Crippen LogP contribution in [0, 0.1) is 0 Å². The summed E-state index contributed by atoms with van der Waals surface area (Å²) in [6.07, 6.45) is -1.41. The summed E-state index contributed by atoms with van der Waals surface area (Å²) in [5.41, 5.74) is 0.729. The highest BCUT2D eigenvalue weighted by atomic mass is 16.3. The molecule has 0 radical (unpaired) electrons. The second-order valence-electron chi connectivity index (χ2n) is 3.46. The van der Waals surface area contributed by atoms with Gasteiger partial charge in [-0.15, -0.1) is 6.58 Å².